The summed E-state index contributed by atoms with van der Waals surface area (Å²) in [5, 5.41) is 0. The average molecular weight is 193 g/mol. The third-order valence-corrected chi connectivity index (χ3v) is 2.41. The lowest BCUT2D eigenvalue weighted by Gasteiger charge is -2.23. The number of aryl methyl sites for hydroxylation is 1. The third-order valence-electron chi connectivity index (χ3n) is 2.41. The summed E-state index contributed by atoms with van der Waals surface area (Å²) >= 11 is 0. The molecule has 14 heavy (non-hydrogen) atoms. The Labute approximate surface area is 83.8 Å². The van der Waals surface area contributed by atoms with Gasteiger partial charge >= 0.3 is 0 Å². The molecule has 0 amide bonds. The Hall–Kier alpha value is -1.22. The molecule has 0 radical (unpaired) electrons. The van der Waals surface area contributed by atoms with Crippen LogP contribution in [0.3, 0.4) is 0 Å². The van der Waals surface area contributed by atoms with Crippen molar-refractivity contribution in [3.8, 4) is 11.5 Å². The Balaban J connectivity index is 2.53. The fraction of sp³-hybridized carbons (Fsp3) is 0.455. The van der Waals surface area contributed by atoms with Crippen molar-refractivity contribution in [3.63, 3.8) is 0 Å². The van der Waals surface area contributed by atoms with Gasteiger partial charge in [-0.15, -0.1) is 0 Å². The van der Waals surface area contributed by atoms with Gasteiger partial charge in [-0.2, -0.15) is 0 Å². The van der Waals surface area contributed by atoms with E-state index in [0.717, 1.165) is 22.6 Å². The Kier molecular flexibility index (Phi) is 2.33. The molecule has 1 aliphatic heterocycles. The number of ether oxygens (including phenoxy) is 2. The van der Waals surface area contributed by atoms with Crippen molar-refractivity contribution in [1.82, 2.24) is 0 Å². The second kappa shape index (κ2) is 3.50. The van der Waals surface area contributed by atoms with E-state index in [0.29, 0.717) is 13.2 Å². The SMILES string of the molecule is Cc1ccc(C(C)N)c2c1OCCO2. The van der Waals surface area contributed by atoms with Crippen LogP contribution < -0.4 is 15.2 Å². The van der Waals surface area contributed by atoms with Gasteiger partial charge < -0.3 is 15.2 Å². The van der Waals surface area contributed by atoms with Gasteiger partial charge in [0.1, 0.15) is 13.2 Å². The minimum absolute atomic E-state index is 0.0222. The molecule has 76 valence electrons. The van der Waals surface area contributed by atoms with Gasteiger partial charge in [0.05, 0.1) is 0 Å². The molecule has 0 aliphatic carbocycles. The third kappa shape index (κ3) is 1.44. The van der Waals surface area contributed by atoms with Crippen LogP contribution in [0.4, 0.5) is 0 Å². The fourth-order valence-corrected chi connectivity index (χ4v) is 1.65. The molecule has 0 saturated heterocycles. The van der Waals surface area contributed by atoms with Crippen LogP contribution in [0, 0.1) is 6.92 Å². The molecule has 2 rings (SSSR count). The Morgan fingerprint density at radius 1 is 1.21 bits per heavy atom. The van der Waals surface area contributed by atoms with E-state index in [-0.39, 0.29) is 6.04 Å². The first kappa shape index (κ1) is 9.34. The summed E-state index contributed by atoms with van der Waals surface area (Å²) in [5.41, 5.74) is 7.97. The summed E-state index contributed by atoms with van der Waals surface area (Å²) in [7, 11) is 0. The Morgan fingerprint density at radius 2 is 1.86 bits per heavy atom. The van der Waals surface area contributed by atoms with Crippen LogP contribution >= 0.6 is 0 Å². The molecule has 0 aromatic heterocycles. The molecule has 1 atom stereocenters. The lowest BCUT2D eigenvalue weighted by molar-refractivity contribution is 0.168. The molecule has 1 heterocycles. The lowest BCUT2D eigenvalue weighted by Crippen LogP contribution is -2.19. The van der Waals surface area contributed by atoms with E-state index in [1.54, 1.807) is 0 Å². The predicted molar refractivity (Wildman–Crippen MR) is 54.8 cm³/mol. The van der Waals surface area contributed by atoms with Crippen LogP contribution in [-0.4, -0.2) is 13.2 Å². The highest BCUT2D eigenvalue weighted by Gasteiger charge is 2.19. The number of rotatable bonds is 1. The van der Waals surface area contributed by atoms with E-state index in [4.69, 9.17) is 15.2 Å². The van der Waals surface area contributed by atoms with Crippen LogP contribution in [0.5, 0.6) is 11.5 Å². The number of nitrogens with two attached hydrogens (primary N) is 1. The molecule has 3 heteroatoms. The molecule has 0 fully saturated rings. The molecule has 1 aromatic carbocycles. The van der Waals surface area contributed by atoms with Gasteiger partial charge in [-0.05, 0) is 19.4 Å². The summed E-state index contributed by atoms with van der Waals surface area (Å²) < 4.78 is 11.2. The van der Waals surface area contributed by atoms with Gasteiger partial charge in [0, 0.05) is 11.6 Å². The Morgan fingerprint density at radius 3 is 2.50 bits per heavy atom. The smallest absolute Gasteiger partial charge is 0.166 e. The summed E-state index contributed by atoms with van der Waals surface area (Å²) in [4.78, 5) is 0. The standard InChI is InChI=1S/C11H15NO2/c1-7-3-4-9(8(2)12)11-10(7)13-5-6-14-11/h3-4,8H,5-6,12H2,1-2H3. The molecule has 1 unspecified atom stereocenters. The van der Waals surface area contributed by atoms with Crippen molar-refractivity contribution in [2.45, 2.75) is 19.9 Å². The van der Waals surface area contributed by atoms with Crippen molar-refractivity contribution in [2.24, 2.45) is 5.73 Å². The molecule has 1 aliphatic rings. The number of hydrogen-bond donors (Lipinski definition) is 1. The maximum absolute atomic E-state index is 5.85. The fourth-order valence-electron chi connectivity index (χ4n) is 1.65. The zero-order valence-electron chi connectivity index (χ0n) is 8.54. The molecular weight excluding hydrogens is 178 g/mol. The molecule has 1 aromatic rings. The van der Waals surface area contributed by atoms with Crippen LogP contribution in [0.15, 0.2) is 12.1 Å². The van der Waals surface area contributed by atoms with Gasteiger partial charge in [0.25, 0.3) is 0 Å². The first-order valence-electron chi connectivity index (χ1n) is 4.85. The maximum atomic E-state index is 5.85. The quantitative estimate of drug-likeness (QED) is 0.739. The zero-order valence-corrected chi connectivity index (χ0v) is 8.54. The van der Waals surface area contributed by atoms with Gasteiger partial charge in [0.15, 0.2) is 11.5 Å². The van der Waals surface area contributed by atoms with Crippen molar-refractivity contribution in [2.75, 3.05) is 13.2 Å². The van der Waals surface area contributed by atoms with E-state index in [9.17, 15) is 0 Å². The summed E-state index contributed by atoms with van der Waals surface area (Å²) in [6.07, 6.45) is 0. The van der Waals surface area contributed by atoms with Crippen LogP contribution in [0.2, 0.25) is 0 Å². The minimum Gasteiger partial charge on any atom is -0.486 e. The second-order valence-electron chi connectivity index (χ2n) is 3.62. The summed E-state index contributed by atoms with van der Waals surface area (Å²) in [6.45, 7) is 5.19. The molecule has 0 saturated carbocycles. The topological polar surface area (TPSA) is 44.5 Å². The van der Waals surface area contributed by atoms with Crippen LogP contribution in [0.1, 0.15) is 24.1 Å². The summed E-state index contributed by atoms with van der Waals surface area (Å²) in [6, 6.07) is 4.01. The van der Waals surface area contributed by atoms with Gasteiger partial charge in [-0.1, -0.05) is 12.1 Å². The molecule has 2 N–H and O–H groups in total. The first-order valence-corrected chi connectivity index (χ1v) is 4.85. The Bertz CT molecular complexity index is 347. The van der Waals surface area contributed by atoms with Crippen molar-refractivity contribution in [3.05, 3.63) is 23.3 Å². The molecule has 0 bridgehead atoms. The normalized spacial score (nSPS) is 16.5. The van der Waals surface area contributed by atoms with Crippen molar-refractivity contribution in [1.29, 1.82) is 0 Å². The van der Waals surface area contributed by atoms with E-state index >= 15 is 0 Å². The van der Waals surface area contributed by atoms with E-state index in [1.807, 2.05) is 26.0 Å². The number of hydrogen-bond acceptors (Lipinski definition) is 3. The van der Waals surface area contributed by atoms with Crippen LogP contribution in [-0.2, 0) is 0 Å². The van der Waals surface area contributed by atoms with Gasteiger partial charge in [-0.3, -0.25) is 0 Å². The minimum atomic E-state index is -0.0222. The monoisotopic (exact) mass is 193 g/mol. The largest absolute Gasteiger partial charge is 0.486 e. The first-order chi connectivity index (χ1) is 6.70. The highest BCUT2D eigenvalue weighted by Crippen LogP contribution is 2.38. The van der Waals surface area contributed by atoms with Crippen molar-refractivity contribution < 1.29 is 9.47 Å². The van der Waals surface area contributed by atoms with Crippen LogP contribution in [0.25, 0.3) is 0 Å². The lowest BCUT2D eigenvalue weighted by atomic mass is 10.0. The number of benzene rings is 1. The van der Waals surface area contributed by atoms with Crippen molar-refractivity contribution >= 4 is 0 Å². The van der Waals surface area contributed by atoms with E-state index in [1.165, 1.54) is 0 Å². The van der Waals surface area contributed by atoms with Gasteiger partial charge in [0.2, 0.25) is 0 Å². The maximum Gasteiger partial charge on any atom is 0.166 e. The molecule has 3 nitrogen and oxygen atoms in total. The van der Waals surface area contributed by atoms with E-state index < -0.39 is 0 Å². The highest BCUT2D eigenvalue weighted by atomic mass is 16.6. The second-order valence-corrected chi connectivity index (χ2v) is 3.62. The average Bonchev–Trinajstić information content (AvgIpc) is 2.18. The molecule has 0 spiro atoms. The number of fused-ring (bicyclic) bond motifs is 1. The zero-order chi connectivity index (χ0) is 10.1. The highest BCUT2D eigenvalue weighted by molar-refractivity contribution is 5.53. The predicted octanol–water partition coefficient (Wildman–Crippen LogP) is 1.79. The van der Waals surface area contributed by atoms with Gasteiger partial charge in [-0.25, -0.2) is 0 Å². The molecular formula is C11H15NO2. The van der Waals surface area contributed by atoms with E-state index in [2.05, 4.69) is 0 Å². The summed E-state index contributed by atoms with van der Waals surface area (Å²) in [5.74, 6) is 1.68.